The summed E-state index contributed by atoms with van der Waals surface area (Å²) >= 11 is 0. The molecule has 0 amide bonds. The van der Waals surface area contributed by atoms with Crippen LogP contribution < -0.4 is 0 Å². The van der Waals surface area contributed by atoms with Gasteiger partial charge in [0.2, 0.25) is 0 Å². The predicted molar refractivity (Wildman–Crippen MR) is 117 cm³/mol. The van der Waals surface area contributed by atoms with E-state index in [1.807, 2.05) is 0 Å². The van der Waals surface area contributed by atoms with Crippen molar-refractivity contribution >= 4 is 0 Å². The van der Waals surface area contributed by atoms with Gasteiger partial charge >= 0.3 is 0 Å². The number of likely N-dealkylation sites (tertiary alicyclic amines) is 2. The summed E-state index contributed by atoms with van der Waals surface area (Å²) in [6.45, 7) is 14.9. The first kappa shape index (κ1) is 22.0. The molecule has 3 aliphatic heterocycles. The molecule has 0 unspecified atom stereocenters. The number of ether oxygens (including phenoxy) is 1. The Morgan fingerprint density at radius 3 is 2.07 bits per heavy atom. The van der Waals surface area contributed by atoms with Crippen molar-refractivity contribution in [2.75, 3.05) is 66.0 Å². The number of nitrogens with zero attached hydrogens (tertiary/aromatic N) is 4. The Hall–Kier alpha value is -0.240. The van der Waals surface area contributed by atoms with Crippen molar-refractivity contribution in [3.63, 3.8) is 0 Å². The Bertz CT molecular complexity index is 475. The fraction of sp³-hybridized carbons (Fsp3) is 1.00. The maximum absolute atomic E-state index is 6.48. The summed E-state index contributed by atoms with van der Waals surface area (Å²) in [6, 6.07) is 0.741. The molecule has 29 heavy (non-hydrogen) atoms. The van der Waals surface area contributed by atoms with Gasteiger partial charge in [0.1, 0.15) is 0 Å². The zero-order valence-corrected chi connectivity index (χ0v) is 19.1. The minimum Gasteiger partial charge on any atom is -0.375 e. The molecule has 3 heterocycles. The Morgan fingerprint density at radius 1 is 0.793 bits per heavy atom. The van der Waals surface area contributed by atoms with Gasteiger partial charge in [-0.15, -0.1) is 0 Å². The average molecular weight is 409 g/mol. The second-order valence-corrected chi connectivity index (χ2v) is 10.2. The summed E-state index contributed by atoms with van der Waals surface area (Å²) in [5.41, 5.74) is 0. The number of hydrogen-bond acceptors (Lipinski definition) is 6. The predicted octanol–water partition coefficient (Wildman–Crippen LogP) is 2.30. The highest BCUT2D eigenvalue weighted by Gasteiger charge is 2.37. The van der Waals surface area contributed by atoms with E-state index < -0.39 is 0 Å². The molecule has 0 aromatic rings. The van der Waals surface area contributed by atoms with Crippen LogP contribution in [0.3, 0.4) is 0 Å². The smallest absolute Gasteiger partial charge is 0.0737 e. The van der Waals surface area contributed by atoms with Crippen LogP contribution in [0, 0.1) is 5.92 Å². The quantitative estimate of drug-likeness (QED) is 0.643. The lowest BCUT2D eigenvalue weighted by Crippen LogP contribution is -2.56. The molecule has 6 nitrogen and oxygen atoms in total. The lowest BCUT2D eigenvalue weighted by molar-refractivity contribution is -0.209. The van der Waals surface area contributed by atoms with Gasteiger partial charge in [-0.1, -0.05) is 0 Å². The Morgan fingerprint density at radius 2 is 1.45 bits per heavy atom. The van der Waals surface area contributed by atoms with Crippen LogP contribution in [0.5, 0.6) is 0 Å². The van der Waals surface area contributed by atoms with Gasteiger partial charge in [-0.2, -0.15) is 5.06 Å². The topological polar surface area (TPSA) is 31.4 Å². The molecular weight excluding hydrogens is 364 g/mol. The van der Waals surface area contributed by atoms with E-state index in [0.29, 0.717) is 18.3 Å². The first-order valence-electron chi connectivity index (χ1n) is 12.3. The molecule has 0 bridgehead atoms. The highest BCUT2D eigenvalue weighted by molar-refractivity contribution is 4.91. The van der Waals surface area contributed by atoms with E-state index in [1.165, 1.54) is 71.2 Å². The molecule has 1 aliphatic carbocycles. The SMILES string of the molecule is CC(C)ON1CCN(C2CC(OC3CCN(CC4CCN(C)CC4)CC3)C2)CC1. The molecule has 0 radical (unpaired) electrons. The first-order valence-corrected chi connectivity index (χ1v) is 12.3. The van der Waals surface area contributed by atoms with Crippen LogP contribution in [-0.2, 0) is 9.57 Å². The fourth-order valence-corrected chi connectivity index (χ4v) is 5.53. The number of rotatable bonds is 7. The summed E-state index contributed by atoms with van der Waals surface area (Å²) in [5, 5.41) is 2.15. The molecule has 0 N–H and O–H groups in total. The third kappa shape index (κ3) is 6.37. The molecule has 0 aromatic carbocycles. The van der Waals surface area contributed by atoms with Crippen LogP contribution in [-0.4, -0.2) is 110 Å². The van der Waals surface area contributed by atoms with Crippen LogP contribution in [0.4, 0.5) is 0 Å². The Kier molecular flexibility index (Phi) is 7.87. The van der Waals surface area contributed by atoms with Crippen LogP contribution in [0.15, 0.2) is 0 Å². The third-order valence-corrected chi connectivity index (χ3v) is 7.49. The summed E-state index contributed by atoms with van der Waals surface area (Å²) in [7, 11) is 2.26. The molecule has 4 fully saturated rings. The largest absolute Gasteiger partial charge is 0.375 e. The van der Waals surface area contributed by atoms with E-state index in [-0.39, 0.29) is 0 Å². The van der Waals surface area contributed by atoms with E-state index in [1.54, 1.807) is 0 Å². The molecule has 4 rings (SSSR count). The van der Waals surface area contributed by atoms with Gasteiger partial charge in [0.15, 0.2) is 0 Å². The summed E-state index contributed by atoms with van der Waals surface area (Å²) in [6.07, 6.45) is 9.02. The van der Waals surface area contributed by atoms with Gasteiger partial charge in [-0.05, 0) is 78.4 Å². The van der Waals surface area contributed by atoms with Gasteiger partial charge in [-0.3, -0.25) is 9.74 Å². The van der Waals surface area contributed by atoms with Crippen molar-refractivity contribution in [1.82, 2.24) is 19.8 Å². The van der Waals surface area contributed by atoms with Gasteiger partial charge in [0.05, 0.1) is 18.3 Å². The zero-order valence-electron chi connectivity index (χ0n) is 19.1. The van der Waals surface area contributed by atoms with Crippen LogP contribution >= 0.6 is 0 Å². The van der Waals surface area contributed by atoms with E-state index in [0.717, 1.165) is 38.1 Å². The summed E-state index contributed by atoms with van der Waals surface area (Å²) in [4.78, 5) is 13.7. The average Bonchev–Trinajstić information content (AvgIpc) is 2.68. The normalized spacial score (nSPS) is 32.7. The first-order chi connectivity index (χ1) is 14.0. The molecule has 1 saturated carbocycles. The highest BCUT2D eigenvalue weighted by atomic mass is 16.7. The van der Waals surface area contributed by atoms with E-state index in [9.17, 15) is 0 Å². The third-order valence-electron chi connectivity index (χ3n) is 7.49. The molecule has 6 heteroatoms. The maximum Gasteiger partial charge on any atom is 0.0737 e. The molecule has 3 saturated heterocycles. The van der Waals surface area contributed by atoms with E-state index in [2.05, 4.69) is 40.7 Å². The molecule has 0 spiro atoms. The number of hydroxylamine groups is 2. The number of hydrogen-bond donors (Lipinski definition) is 0. The summed E-state index contributed by atoms with van der Waals surface area (Å²) in [5.74, 6) is 0.919. The van der Waals surface area contributed by atoms with Gasteiger partial charge in [-0.25, -0.2) is 0 Å². The molecule has 4 aliphatic rings. The molecule has 0 aromatic heterocycles. The zero-order chi connectivity index (χ0) is 20.2. The van der Waals surface area contributed by atoms with Gasteiger partial charge < -0.3 is 14.5 Å². The minimum absolute atomic E-state index is 0.291. The van der Waals surface area contributed by atoms with Crippen molar-refractivity contribution in [2.45, 2.75) is 76.7 Å². The van der Waals surface area contributed by atoms with Gasteiger partial charge in [0.25, 0.3) is 0 Å². The van der Waals surface area contributed by atoms with Crippen LogP contribution in [0.1, 0.15) is 52.4 Å². The second-order valence-electron chi connectivity index (χ2n) is 10.2. The molecular formula is C23H44N4O2. The Labute approximate surface area is 178 Å². The van der Waals surface area contributed by atoms with Crippen molar-refractivity contribution in [3.05, 3.63) is 0 Å². The van der Waals surface area contributed by atoms with Gasteiger partial charge in [0, 0.05) is 51.9 Å². The van der Waals surface area contributed by atoms with E-state index >= 15 is 0 Å². The number of piperazine rings is 1. The van der Waals surface area contributed by atoms with Crippen LogP contribution in [0.25, 0.3) is 0 Å². The number of piperidine rings is 2. The van der Waals surface area contributed by atoms with Crippen molar-refractivity contribution in [1.29, 1.82) is 0 Å². The Balaban J connectivity index is 1.07. The molecule has 168 valence electrons. The standard InChI is InChI=1S/C23H44N4O2/c1-19(2)29-27-14-12-26(13-15-27)21-16-23(17-21)28-22-6-10-25(11-7-22)18-20-4-8-24(3)9-5-20/h19-23H,4-18H2,1-3H3. The second kappa shape index (κ2) is 10.4. The lowest BCUT2D eigenvalue weighted by atomic mass is 9.87. The molecule has 0 atom stereocenters. The highest BCUT2D eigenvalue weighted by Crippen LogP contribution is 2.32. The monoisotopic (exact) mass is 408 g/mol. The van der Waals surface area contributed by atoms with Crippen molar-refractivity contribution in [3.8, 4) is 0 Å². The summed E-state index contributed by atoms with van der Waals surface area (Å²) < 4.78 is 6.48. The van der Waals surface area contributed by atoms with Crippen molar-refractivity contribution in [2.24, 2.45) is 5.92 Å². The fourth-order valence-electron chi connectivity index (χ4n) is 5.53. The van der Waals surface area contributed by atoms with Crippen LogP contribution in [0.2, 0.25) is 0 Å². The maximum atomic E-state index is 6.48. The van der Waals surface area contributed by atoms with Crippen molar-refractivity contribution < 1.29 is 9.57 Å². The van der Waals surface area contributed by atoms with E-state index in [4.69, 9.17) is 9.57 Å². The lowest BCUT2D eigenvalue weighted by Gasteiger charge is -2.47. The minimum atomic E-state index is 0.291.